The number of aliphatic carboxylic acids is 1. The van der Waals surface area contributed by atoms with Crippen molar-refractivity contribution < 1.29 is 28.5 Å². The Balaban J connectivity index is 1.82. The molecule has 1 aliphatic rings. The molecule has 1 fully saturated rings. The van der Waals surface area contributed by atoms with Crippen molar-refractivity contribution in [1.82, 2.24) is 0 Å². The molecule has 0 saturated carbocycles. The molecule has 36 heavy (non-hydrogen) atoms. The molecule has 188 valence electrons. The first-order valence-corrected chi connectivity index (χ1v) is 12.0. The highest BCUT2D eigenvalue weighted by Crippen LogP contribution is 2.53. The monoisotopic (exact) mass is 510 g/mol. The minimum atomic E-state index is -1.08. The number of carbonyl (C=O) groups is 1. The molecular formula is C29H28ClFO5. The zero-order valence-corrected chi connectivity index (χ0v) is 20.9. The molecular weight excluding hydrogens is 483 g/mol. The normalized spacial score (nSPS) is 21.6. The maximum atomic E-state index is 13.8. The highest BCUT2D eigenvalue weighted by Gasteiger charge is 2.41. The van der Waals surface area contributed by atoms with Crippen molar-refractivity contribution in [2.75, 3.05) is 13.7 Å². The quantitative estimate of drug-likeness (QED) is 0.326. The predicted molar refractivity (Wildman–Crippen MR) is 136 cm³/mol. The van der Waals surface area contributed by atoms with Crippen molar-refractivity contribution >= 4 is 17.6 Å². The van der Waals surface area contributed by atoms with Gasteiger partial charge in [-0.2, -0.15) is 0 Å². The van der Waals surface area contributed by atoms with Crippen LogP contribution in [0.3, 0.4) is 0 Å². The molecule has 1 N–H and O–H groups in total. The largest absolute Gasteiger partial charge is 0.497 e. The van der Waals surface area contributed by atoms with Crippen molar-refractivity contribution in [2.24, 2.45) is 5.92 Å². The van der Waals surface area contributed by atoms with Crippen LogP contribution < -0.4 is 9.47 Å². The van der Waals surface area contributed by atoms with Gasteiger partial charge in [0, 0.05) is 22.4 Å². The Hall–Kier alpha value is -3.35. The standard InChI is InChI=1S/C29H28ClFO5/c1-17(2)23-15-24(19-5-4-6-20(30)13-19)28(18-7-9-21(31)10-8-18)36-29(23)25-14-22(34-3)11-12-26(25)35-16-27(32)33/h4-14,23-24,28-29H,1,15-16H2,2-3H3,(H,32,33)/t23-,24-,28+,29+/m1/s1. The molecule has 0 amide bonds. The van der Waals surface area contributed by atoms with Gasteiger partial charge in [0.1, 0.15) is 17.3 Å². The van der Waals surface area contributed by atoms with Crippen molar-refractivity contribution in [2.45, 2.75) is 31.5 Å². The first kappa shape index (κ1) is 25.7. The summed E-state index contributed by atoms with van der Waals surface area (Å²) in [5, 5.41) is 9.80. The van der Waals surface area contributed by atoms with Crippen LogP contribution in [0, 0.1) is 11.7 Å². The fourth-order valence-corrected chi connectivity index (χ4v) is 4.98. The SMILES string of the molecule is C=C(C)[C@H]1C[C@H](c2cccc(Cl)c2)[C@H](c2ccc(F)cc2)O[C@@H]1c1cc(OC)ccc1OCC(=O)O. The minimum absolute atomic E-state index is 0.0823. The van der Waals surface area contributed by atoms with E-state index in [2.05, 4.69) is 6.58 Å². The number of rotatable bonds is 8. The van der Waals surface area contributed by atoms with Gasteiger partial charge in [-0.25, -0.2) is 9.18 Å². The number of hydrogen-bond acceptors (Lipinski definition) is 4. The van der Waals surface area contributed by atoms with Gasteiger partial charge in [0.05, 0.1) is 19.3 Å². The number of benzene rings is 3. The Morgan fingerprint density at radius 2 is 1.86 bits per heavy atom. The van der Waals surface area contributed by atoms with Crippen LogP contribution in [0.1, 0.15) is 48.2 Å². The lowest BCUT2D eigenvalue weighted by Crippen LogP contribution is -2.32. The van der Waals surface area contributed by atoms with E-state index in [9.17, 15) is 14.3 Å². The van der Waals surface area contributed by atoms with Crippen LogP contribution in [0.15, 0.2) is 78.9 Å². The molecule has 0 aromatic heterocycles. The predicted octanol–water partition coefficient (Wildman–Crippen LogP) is 7.13. The lowest BCUT2D eigenvalue weighted by molar-refractivity contribution is -0.139. The maximum Gasteiger partial charge on any atom is 0.341 e. The van der Waals surface area contributed by atoms with Crippen molar-refractivity contribution in [3.63, 3.8) is 0 Å². The Morgan fingerprint density at radius 3 is 2.50 bits per heavy atom. The highest BCUT2D eigenvalue weighted by atomic mass is 35.5. The third-order valence-corrected chi connectivity index (χ3v) is 6.75. The molecule has 1 saturated heterocycles. The van der Waals surface area contributed by atoms with E-state index in [1.54, 1.807) is 37.4 Å². The minimum Gasteiger partial charge on any atom is -0.497 e. The second kappa shape index (κ2) is 11.1. The van der Waals surface area contributed by atoms with E-state index in [0.29, 0.717) is 28.5 Å². The number of hydrogen-bond donors (Lipinski definition) is 1. The zero-order chi connectivity index (χ0) is 25.8. The summed E-state index contributed by atoms with van der Waals surface area (Å²) in [6.07, 6.45) is -0.257. The van der Waals surface area contributed by atoms with Crippen LogP contribution in [0.4, 0.5) is 4.39 Å². The molecule has 0 aliphatic carbocycles. The summed E-state index contributed by atoms with van der Waals surface area (Å²) < 4.78 is 31.7. The van der Waals surface area contributed by atoms with Gasteiger partial charge in [-0.05, 0) is 66.9 Å². The smallest absolute Gasteiger partial charge is 0.341 e. The van der Waals surface area contributed by atoms with E-state index in [-0.39, 0.29) is 17.7 Å². The van der Waals surface area contributed by atoms with Crippen LogP contribution in [0.5, 0.6) is 11.5 Å². The number of carboxylic acid groups (broad SMARTS) is 1. The topological polar surface area (TPSA) is 65.0 Å². The van der Waals surface area contributed by atoms with E-state index in [4.69, 9.17) is 25.8 Å². The number of carboxylic acids is 1. The molecule has 0 bridgehead atoms. The molecule has 0 spiro atoms. The van der Waals surface area contributed by atoms with Gasteiger partial charge in [-0.15, -0.1) is 0 Å². The van der Waals surface area contributed by atoms with E-state index in [1.807, 2.05) is 31.2 Å². The second-order valence-corrected chi connectivity index (χ2v) is 9.40. The van der Waals surface area contributed by atoms with Crippen molar-refractivity contribution in [1.29, 1.82) is 0 Å². The molecule has 3 aromatic carbocycles. The van der Waals surface area contributed by atoms with Crippen LogP contribution in [-0.2, 0) is 9.53 Å². The lowest BCUT2D eigenvalue weighted by Gasteiger charge is -2.43. The van der Waals surface area contributed by atoms with Gasteiger partial charge >= 0.3 is 5.97 Å². The van der Waals surface area contributed by atoms with Gasteiger partial charge < -0.3 is 19.3 Å². The van der Waals surface area contributed by atoms with Gasteiger partial charge in [0.2, 0.25) is 0 Å². The first-order valence-electron chi connectivity index (χ1n) is 11.6. The van der Waals surface area contributed by atoms with Crippen molar-refractivity contribution in [3.05, 3.63) is 106 Å². The summed E-state index contributed by atoms with van der Waals surface area (Å²) in [5.74, 6) is -0.628. The van der Waals surface area contributed by atoms with Gasteiger partial charge in [0.25, 0.3) is 0 Å². The summed E-state index contributed by atoms with van der Waals surface area (Å²) >= 11 is 6.33. The second-order valence-electron chi connectivity index (χ2n) is 8.97. The first-order chi connectivity index (χ1) is 17.3. The summed E-state index contributed by atoms with van der Waals surface area (Å²) in [7, 11) is 1.56. The van der Waals surface area contributed by atoms with Crippen molar-refractivity contribution in [3.8, 4) is 11.5 Å². The molecule has 7 heteroatoms. The summed E-state index contributed by atoms with van der Waals surface area (Å²) in [4.78, 5) is 11.2. The molecule has 5 nitrogen and oxygen atoms in total. The van der Waals surface area contributed by atoms with Crippen LogP contribution in [0.2, 0.25) is 5.02 Å². The van der Waals surface area contributed by atoms with Crippen LogP contribution in [0.25, 0.3) is 0 Å². The average Bonchev–Trinajstić information content (AvgIpc) is 2.87. The Labute approximate surface area is 215 Å². The van der Waals surface area contributed by atoms with Crippen LogP contribution in [-0.4, -0.2) is 24.8 Å². The molecule has 0 unspecified atom stereocenters. The molecule has 4 atom stereocenters. The van der Waals surface area contributed by atoms with E-state index >= 15 is 0 Å². The van der Waals surface area contributed by atoms with Gasteiger partial charge in [0.15, 0.2) is 6.61 Å². The maximum absolute atomic E-state index is 13.8. The molecule has 1 heterocycles. The Kier molecular flexibility index (Phi) is 7.97. The van der Waals surface area contributed by atoms with E-state index in [1.165, 1.54) is 12.1 Å². The van der Waals surface area contributed by atoms with Gasteiger partial charge in [-0.1, -0.05) is 48.0 Å². The highest BCUT2D eigenvalue weighted by molar-refractivity contribution is 6.30. The third-order valence-electron chi connectivity index (χ3n) is 6.51. The molecule has 1 aliphatic heterocycles. The van der Waals surface area contributed by atoms with Gasteiger partial charge in [-0.3, -0.25) is 0 Å². The average molecular weight is 511 g/mol. The Morgan fingerprint density at radius 1 is 1.11 bits per heavy atom. The summed E-state index contributed by atoms with van der Waals surface area (Å²) in [5.41, 5.74) is 3.41. The fourth-order valence-electron chi connectivity index (χ4n) is 4.78. The van der Waals surface area contributed by atoms with Crippen LogP contribution >= 0.6 is 11.6 Å². The number of halogens is 2. The molecule has 4 rings (SSSR count). The summed E-state index contributed by atoms with van der Waals surface area (Å²) in [6.45, 7) is 5.70. The third kappa shape index (κ3) is 5.72. The number of ether oxygens (including phenoxy) is 3. The molecule has 0 radical (unpaired) electrons. The Bertz CT molecular complexity index is 1240. The van der Waals surface area contributed by atoms with E-state index < -0.39 is 24.8 Å². The van der Waals surface area contributed by atoms with E-state index in [0.717, 1.165) is 16.7 Å². The summed E-state index contributed by atoms with van der Waals surface area (Å²) in [6, 6.07) is 19.2. The zero-order valence-electron chi connectivity index (χ0n) is 20.1. The number of methoxy groups -OCH3 is 1. The fraction of sp³-hybridized carbons (Fsp3) is 0.276. The molecule has 3 aromatic rings. The lowest BCUT2D eigenvalue weighted by atomic mass is 9.74.